The van der Waals surface area contributed by atoms with Gasteiger partial charge in [-0.2, -0.15) is 0 Å². The molecule has 36 heavy (non-hydrogen) atoms. The average Bonchev–Trinajstić information content (AvgIpc) is 3.44. The van der Waals surface area contributed by atoms with Crippen molar-refractivity contribution in [1.82, 2.24) is 0 Å². The fourth-order valence-electron chi connectivity index (χ4n) is 5.73. The van der Waals surface area contributed by atoms with Crippen molar-refractivity contribution >= 4 is 45.0 Å². The van der Waals surface area contributed by atoms with Crippen LogP contribution in [0.2, 0.25) is 0 Å². The molecule has 3 atom stereocenters. The van der Waals surface area contributed by atoms with Crippen LogP contribution >= 0.6 is 15.9 Å². The molecule has 0 bridgehead atoms. The number of ketones is 2. The van der Waals surface area contributed by atoms with Gasteiger partial charge in [-0.3, -0.25) is 19.2 Å². The fourth-order valence-corrected chi connectivity index (χ4v) is 6.00. The lowest BCUT2D eigenvalue weighted by molar-refractivity contribution is -0.127. The molecule has 3 aromatic rings. The van der Waals surface area contributed by atoms with E-state index in [9.17, 15) is 19.2 Å². The maximum absolute atomic E-state index is 14.0. The lowest BCUT2D eigenvalue weighted by atomic mass is 9.77. The Labute approximate surface area is 216 Å². The second-order valence-corrected chi connectivity index (χ2v) is 10.7. The Bertz CT molecular complexity index is 1410. The van der Waals surface area contributed by atoms with Crippen molar-refractivity contribution in [2.24, 2.45) is 11.8 Å². The number of nitrogens with zero attached hydrogens (tertiary/aromatic N) is 1. The molecule has 0 radical (unpaired) electrons. The molecular formula is C29H22BrNO5. The monoisotopic (exact) mass is 543 g/mol. The van der Waals surface area contributed by atoms with Gasteiger partial charge in [0.05, 0.1) is 23.6 Å². The smallest absolute Gasteiger partial charge is 0.241 e. The Morgan fingerprint density at radius 1 is 0.806 bits per heavy atom. The van der Waals surface area contributed by atoms with Crippen LogP contribution in [0.5, 0.6) is 0 Å². The quantitative estimate of drug-likeness (QED) is 0.332. The summed E-state index contributed by atoms with van der Waals surface area (Å²) in [6.45, 7) is 4.12. The Morgan fingerprint density at radius 3 is 1.94 bits per heavy atom. The van der Waals surface area contributed by atoms with Gasteiger partial charge in [-0.15, -0.1) is 0 Å². The largest absolute Gasteiger partial charge is 0.349 e. The van der Waals surface area contributed by atoms with Gasteiger partial charge in [0.15, 0.2) is 0 Å². The van der Waals surface area contributed by atoms with E-state index in [0.717, 1.165) is 14.9 Å². The van der Waals surface area contributed by atoms with E-state index in [1.165, 1.54) is 0 Å². The summed E-state index contributed by atoms with van der Waals surface area (Å²) in [6, 6.07) is 20.9. The number of benzene rings is 3. The number of anilines is 1. The Morgan fingerprint density at radius 2 is 1.39 bits per heavy atom. The summed E-state index contributed by atoms with van der Waals surface area (Å²) in [7, 11) is 0. The van der Waals surface area contributed by atoms with E-state index in [0.29, 0.717) is 11.3 Å². The zero-order valence-electron chi connectivity index (χ0n) is 19.6. The van der Waals surface area contributed by atoms with Crippen LogP contribution in [0.15, 0.2) is 77.3 Å². The summed E-state index contributed by atoms with van der Waals surface area (Å²) >= 11 is 3.41. The number of halogens is 1. The molecule has 1 aliphatic carbocycles. The molecule has 3 aromatic carbocycles. The summed E-state index contributed by atoms with van der Waals surface area (Å²) in [5, 5.41) is 0. The van der Waals surface area contributed by atoms with Crippen LogP contribution in [0.1, 0.15) is 57.7 Å². The maximum atomic E-state index is 14.0. The molecule has 2 amide bonds. The van der Waals surface area contributed by atoms with Crippen molar-refractivity contribution in [3.8, 4) is 0 Å². The summed E-state index contributed by atoms with van der Waals surface area (Å²) in [4.78, 5) is 56.5. The molecule has 0 aromatic heterocycles. The number of ether oxygens (including phenoxy) is 1. The fraction of sp³-hybridized carbons (Fsp3) is 0.241. The summed E-state index contributed by atoms with van der Waals surface area (Å²) in [5.41, 5.74) is 0.493. The van der Waals surface area contributed by atoms with Gasteiger partial charge in [0.2, 0.25) is 29.0 Å². The van der Waals surface area contributed by atoms with Gasteiger partial charge in [-0.05, 0) is 41.3 Å². The third-order valence-electron chi connectivity index (χ3n) is 7.54. The van der Waals surface area contributed by atoms with Crippen molar-refractivity contribution < 1.29 is 23.9 Å². The SMILES string of the molecule is CC(C)c1ccc(N2C(=O)[C@@H]3[C@@H](C2=O)C2(O[C@H]3c3ccc(Br)cc3)C(=O)c3ccccc3C2=O)cc1. The van der Waals surface area contributed by atoms with Gasteiger partial charge < -0.3 is 4.74 Å². The lowest BCUT2D eigenvalue weighted by Crippen LogP contribution is -2.51. The molecule has 2 heterocycles. The molecule has 6 rings (SSSR count). The number of Topliss-reactive ketones (excluding diaryl/α,β-unsaturated/α-hetero) is 2. The third kappa shape index (κ3) is 2.99. The van der Waals surface area contributed by atoms with Crippen molar-refractivity contribution in [2.75, 3.05) is 4.90 Å². The highest BCUT2D eigenvalue weighted by molar-refractivity contribution is 9.10. The number of carbonyl (C=O) groups is 4. The molecule has 180 valence electrons. The molecule has 2 fully saturated rings. The van der Waals surface area contributed by atoms with Crippen LogP contribution in [-0.4, -0.2) is 29.0 Å². The number of fused-ring (bicyclic) bond motifs is 3. The molecule has 6 nitrogen and oxygen atoms in total. The Balaban J connectivity index is 1.51. The summed E-state index contributed by atoms with van der Waals surface area (Å²) < 4.78 is 7.13. The molecule has 2 saturated heterocycles. The van der Waals surface area contributed by atoms with Crippen molar-refractivity contribution in [2.45, 2.75) is 31.5 Å². The number of amides is 2. The van der Waals surface area contributed by atoms with Crippen LogP contribution in [0.4, 0.5) is 5.69 Å². The minimum Gasteiger partial charge on any atom is -0.349 e. The van der Waals surface area contributed by atoms with Gasteiger partial charge >= 0.3 is 0 Å². The standard InChI is InChI=1S/C29H22BrNO5/c1-15(2)16-9-13-19(14-10-16)31-27(34)22-23(28(31)35)29(36-24(22)17-7-11-18(30)12-8-17)25(32)20-5-3-4-6-21(20)26(29)33/h3-15,22-24H,1-2H3/t22-,23+,24+/m1/s1. The number of rotatable bonds is 3. The Hall–Kier alpha value is -3.42. The second kappa shape index (κ2) is 8.05. The summed E-state index contributed by atoms with van der Waals surface area (Å²) in [5.74, 6) is -4.15. The van der Waals surface area contributed by atoms with Crippen molar-refractivity contribution in [3.05, 3.63) is 99.5 Å². The molecule has 3 aliphatic rings. The third-order valence-corrected chi connectivity index (χ3v) is 8.06. The lowest BCUT2D eigenvalue weighted by Gasteiger charge is -2.27. The van der Waals surface area contributed by atoms with Crippen LogP contribution in [0, 0.1) is 11.8 Å². The molecule has 0 saturated carbocycles. The van der Waals surface area contributed by atoms with Crippen molar-refractivity contribution in [3.63, 3.8) is 0 Å². The van der Waals surface area contributed by atoms with Gasteiger partial charge in [0, 0.05) is 15.6 Å². The van der Waals surface area contributed by atoms with E-state index in [-0.39, 0.29) is 17.0 Å². The molecule has 2 aliphatic heterocycles. The zero-order chi connectivity index (χ0) is 25.4. The highest BCUT2D eigenvalue weighted by Crippen LogP contribution is 2.57. The topological polar surface area (TPSA) is 80.8 Å². The highest BCUT2D eigenvalue weighted by Gasteiger charge is 2.74. The van der Waals surface area contributed by atoms with E-state index >= 15 is 0 Å². The zero-order valence-corrected chi connectivity index (χ0v) is 21.2. The first-order chi connectivity index (χ1) is 17.3. The number of carbonyl (C=O) groups excluding carboxylic acids is 4. The Kier molecular flexibility index (Phi) is 5.14. The van der Waals surface area contributed by atoms with E-state index in [1.807, 2.05) is 12.1 Å². The highest BCUT2D eigenvalue weighted by atomic mass is 79.9. The summed E-state index contributed by atoms with van der Waals surface area (Å²) in [6.07, 6.45) is -0.929. The van der Waals surface area contributed by atoms with E-state index in [2.05, 4.69) is 29.8 Å². The predicted octanol–water partition coefficient (Wildman–Crippen LogP) is 5.27. The van der Waals surface area contributed by atoms with E-state index < -0.39 is 46.9 Å². The second-order valence-electron chi connectivity index (χ2n) is 9.79. The van der Waals surface area contributed by atoms with Gasteiger partial charge in [-0.1, -0.05) is 78.3 Å². The van der Waals surface area contributed by atoms with Crippen LogP contribution in [0.25, 0.3) is 0 Å². The first-order valence-electron chi connectivity index (χ1n) is 11.9. The minimum atomic E-state index is -2.06. The van der Waals surface area contributed by atoms with Crippen molar-refractivity contribution in [1.29, 1.82) is 0 Å². The molecule has 7 heteroatoms. The normalized spacial score (nSPS) is 24.2. The average molecular weight is 544 g/mol. The van der Waals surface area contributed by atoms with Gasteiger partial charge in [-0.25, -0.2) is 4.90 Å². The van der Waals surface area contributed by atoms with Crippen LogP contribution in [0.3, 0.4) is 0 Å². The molecule has 0 unspecified atom stereocenters. The first kappa shape index (κ1) is 23.0. The first-order valence-corrected chi connectivity index (χ1v) is 12.6. The van der Waals surface area contributed by atoms with E-state index in [4.69, 9.17) is 4.74 Å². The van der Waals surface area contributed by atoms with Gasteiger partial charge in [0.25, 0.3) is 0 Å². The minimum absolute atomic E-state index is 0.220. The molecule has 1 spiro atoms. The number of imide groups is 1. The van der Waals surface area contributed by atoms with Crippen LogP contribution in [-0.2, 0) is 14.3 Å². The van der Waals surface area contributed by atoms with Gasteiger partial charge in [0.1, 0.15) is 0 Å². The predicted molar refractivity (Wildman–Crippen MR) is 136 cm³/mol. The molecule has 0 N–H and O–H groups in total. The molecular weight excluding hydrogens is 522 g/mol. The van der Waals surface area contributed by atoms with Crippen LogP contribution < -0.4 is 4.90 Å². The maximum Gasteiger partial charge on any atom is 0.241 e. The van der Waals surface area contributed by atoms with E-state index in [1.54, 1.807) is 60.7 Å². The number of hydrogen-bond donors (Lipinski definition) is 0. The number of hydrogen-bond acceptors (Lipinski definition) is 5.